The summed E-state index contributed by atoms with van der Waals surface area (Å²) in [6.45, 7) is 3.73. The molecule has 2 atom stereocenters. The Morgan fingerprint density at radius 1 is 0.508 bits per heavy atom. The first kappa shape index (κ1) is 57.2. The van der Waals surface area contributed by atoms with Crippen molar-refractivity contribution in [3.8, 4) is 0 Å². The monoisotopic (exact) mass is 854 g/mol. The third kappa shape index (κ3) is 45.6. The van der Waals surface area contributed by atoms with Gasteiger partial charge in [0, 0.05) is 19.4 Å². The lowest BCUT2D eigenvalue weighted by atomic mass is 10.1. The molecular weight excluding hydrogens is 762 g/mol. The maximum Gasteiger partial charge on any atom is 0.472 e. The highest BCUT2D eigenvalue weighted by molar-refractivity contribution is 7.47. The molecule has 10 heteroatoms. The van der Waals surface area contributed by atoms with Gasteiger partial charge in [-0.3, -0.25) is 18.6 Å². The SMILES string of the molecule is CCCCC/C=C\C/C=C\CCCCCCCCCCCC(=O)OC[C@H](COP(=O)(O)OCCN)OC(=O)CCCCCCCCCCC/C=C\CCCCCCCC. The van der Waals surface area contributed by atoms with Gasteiger partial charge >= 0.3 is 19.8 Å². The molecule has 0 saturated carbocycles. The van der Waals surface area contributed by atoms with E-state index in [-0.39, 0.29) is 38.6 Å². The van der Waals surface area contributed by atoms with Crippen LogP contribution in [0, 0.1) is 0 Å². The number of hydrogen-bond acceptors (Lipinski definition) is 8. The van der Waals surface area contributed by atoms with E-state index in [1.165, 1.54) is 154 Å². The van der Waals surface area contributed by atoms with Crippen LogP contribution < -0.4 is 5.73 Å². The van der Waals surface area contributed by atoms with E-state index >= 15 is 0 Å². The number of rotatable bonds is 46. The Kier molecular flexibility index (Phi) is 44.4. The lowest BCUT2D eigenvalue weighted by Gasteiger charge is -2.19. The number of allylic oxidation sites excluding steroid dienone is 6. The van der Waals surface area contributed by atoms with Gasteiger partial charge < -0.3 is 20.1 Å². The molecule has 0 aromatic carbocycles. The molecule has 59 heavy (non-hydrogen) atoms. The summed E-state index contributed by atoms with van der Waals surface area (Å²) in [7, 11) is -4.38. The maximum absolute atomic E-state index is 12.6. The Bertz CT molecular complexity index is 1060. The van der Waals surface area contributed by atoms with Crippen LogP contribution in [-0.4, -0.2) is 49.3 Å². The van der Waals surface area contributed by atoms with Gasteiger partial charge in [0.25, 0.3) is 0 Å². The molecule has 0 rings (SSSR count). The van der Waals surface area contributed by atoms with Crippen molar-refractivity contribution in [1.29, 1.82) is 0 Å². The first-order valence-electron chi connectivity index (χ1n) is 24.5. The predicted molar refractivity (Wildman–Crippen MR) is 247 cm³/mol. The fraction of sp³-hybridized carbons (Fsp3) is 0.837. The number of nitrogens with two attached hydrogens (primary N) is 1. The van der Waals surface area contributed by atoms with E-state index in [0.29, 0.717) is 6.42 Å². The van der Waals surface area contributed by atoms with Crippen LogP contribution >= 0.6 is 7.82 Å². The predicted octanol–water partition coefficient (Wildman–Crippen LogP) is 14.5. The average molecular weight is 854 g/mol. The highest BCUT2D eigenvalue weighted by atomic mass is 31.2. The van der Waals surface area contributed by atoms with Crippen molar-refractivity contribution in [3.63, 3.8) is 0 Å². The fourth-order valence-corrected chi connectivity index (χ4v) is 7.60. The van der Waals surface area contributed by atoms with Crippen LogP contribution in [0.15, 0.2) is 36.5 Å². The lowest BCUT2D eigenvalue weighted by Crippen LogP contribution is -2.29. The van der Waals surface area contributed by atoms with E-state index in [0.717, 1.165) is 44.9 Å². The normalized spacial score (nSPS) is 13.5. The summed E-state index contributed by atoms with van der Waals surface area (Å²) in [6.07, 6.45) is 51.7. The summed E-state index contributed by atoms with van der Waals surface area (Å²) in [5.74, 6) is -0.829. The van der Waals surface area contributed by atoms with E-state index in [1.807, 2.05) is 0 Å². The topological polar surface area (TPSA) is 134 Å². The van der Waals surface area contributed by atoms with Crippen molar-refractivity contribution in [1.82, 2.24) is 0 Å². The van der Waals surface area contributed by atoms with Crippen molar-refractivity contribution in [3.05, 3.63) is 36.5 Å². The molecule has 0 radical (unpaired) electrons. The molecule has 3 N–H and O–H groups in total. The minimum absolute atomic E-state index is 0.0527. The van der Waals surface area contributed by atoms with Crippen LogP contribution in [0.3, 0.4) is 0 Å². The molecule has 0 aliphatic carbocycles. The summed E-state index contributed by atoms with van der Waals surface area (Å²) in [4.78, 5) is 35.0. The number of unbranched alkanes of at least 4 members (excludes halogenated alkanes) is 27. The number of hydrogen-bond donors (Lipinski definition) is 2. The minimum atomic E-state index is -4.38. The highest BCUT2D eigenvalue weighted by Gasteiger charge is 2.26. The van der Waals surface area contributed by atoms with Crippen molar-refractivity contribution >= 4 is 19.8 Å². The Balaban J connectivity index is 4.07. The molecule has 0 amide bonds. The molecule has 9 nitrogen and oxygen atoms in total. The Labute approximate surface area is 363 Å². The molecule has 346 valence electrons. The maximum atomic E-state index is 12.6. The number of esters is 2. The second kappa shape index (κ2) is 45.7. The second-order valence-corrected chi connectivity index (χ2v) is 17.8. The number of phosphoric ester groups is 1. The van der Waals surface area contributed by atoms with Gasteiger partial charge in [0.05, 0.1) is 13.2 Å². The minimum Gasteiger partial charge on any atom is -0.462 e. The summed E-state index contributed by atoms with van der Waals surface area (Å²) >= 11 is 0. The zero-order valence-electron chi connectivity index (χ0n) is 38.2. The van der Waals surface area contributed by atoms with Crippen LogP contribution in [-0.2, 0) is 32.7 Å². The van der Waals surface area contributed by atoms with Crippen molar-refractivity contribution in [2.45, 2.75) is 238 Å². The van der Waals surface area contributed by atoms with Crippen LogP contribution in [0.4, 0.5) is 0 Å². The van der Waals surface area contributed by atoms with Crippen molar-refractivity contribution < 1.29 is 37.6 Å². The molecule has 0 bridgehead atoms. The number of ether oxygens (including phenoxy) is 2. The second-order valence-electron chi connectivity index (χ2n) is 16.3. The summed E-state index contributed by atoms with van der Waals surface area (Å²) in [5, 5.41) is 0. The lowest BCUT2D eigenvalue weighted by molar-refractivity contribution is -0.161. The zero-order chi connectivity index (χ0) is 43.2. The summed E-state index contributed by atoms with van der Waals surface area (Å²) in [5.41, 5.74) is 5.36. The molecule has 0 spiro atoms. The third-order valence-corrected chi connectivity index (χ3v) is 11.5. The molecule has 0 aromatic rings. The fourth-order valence-electron chi connectivity index (χ4n) is 6.84. The number of carbonyl (C=O) groups excluding carboxylic acids is 2. The quantitative estimate of drug-likeness (QED) is 0.0265. The first-order chi connectivity index (χ1) is 28.8. The van der Waals surface area contributed by atoms with E-state index in [4.69, 9.17) is 24.3 Å². The molecule has 0 aliphatic rings. The van der Waals surface area contributed by atoms with Gasteiger partial charge in [-0.25, -0.2) is 4.57 Å². The van der Waals surface area contributed by atoms with Crippen LogP contribution in [0.5, 0.6) is 0 Å². The first-order valence-corrected chi connectivity index (χ1v) is 26.0. The van der Waals surface area contributed by atoms with E-state index in [2.05, 4.69) is 50.3 Å². The van der Waals surface area contributed by atoms with Gasteiger partial charge in [0.1, 0.15) is 6.61 Å². The van der Waals surface area contributed by atoms with E-state index < -0.39 is 26.5 Å². The van der Waals surface area contributed by atoms with Gasteiger partial charge in [-0.1, -0.05) is 185 Å². The molecular formula is C49H92NO8P. The molecule has 0 aliphatic heterocycles. The van der Waals surface area contributed by atoms with E-state index in [9.17, 15) is 19.0 Å². The highest BCUT2D eigenvalue weighted by Crippen LogP contribution is 2.43. The molecule has 1 unspecified atom stereocenters. The average Bonchev–Trinajstić information content (AvgIpc) is 3.22. The summed E-state index contributed by atoms with van der Waals surface area (Å²) < 4.78 is 32.9. The smallest absolute Gasteiger partial charge is 0.462 e. The molecule has 0 fully saturated rings. The van der Waals surface area contributed by atoms with Crippen LogP contribution in [0.25, 0.3) is 0 Å². The molecule has 0 saturated heterocycles. The number of phosphoric acid groups is 1. The third-order valence-electron chi connectivity index (χ3n) is 10.5. The standard InChI is InChI=1S/C49H92NO8P/c1-3-5-7-9-11-13-15-17-19-21-23-25-27-29-31-33-35-37-39-41-48(51)55-45-47(46-57-59(53,54)56-44-43-50)58-49(52)42-40-38-36-34-32-30-28-26-24-22-20-18-16-14-12-10-8-6-4-2/h11,13,17-20,47H,3-10,12,14-16,21-46,50H2,1-2H3,(H,53,54)/b13-11-,19-17-,20-18-/t47-/m1/s1. The Morgan fingerprint density at radius 2 is 0.881 bits per heavy atom. The van der Waals surface area contributed by atoms with Crippen LogP contribution in [0.1, 0.15) is 232 Å². The molecule has 0 aromatic heterocycles. The molecule has 0 heterocycles. The summed E-state index contributed by atoms with van der Waals surface area (Å²) in [6, 6.07) is 0. The van der Waals surface area contributed by atoms with Gasteiger partial charge in [0.2, 0.25) is 0 Å². The zero-order valence-corrected chi connectivity index (χ0v) is 39.1. The van der Waals surface area contributed by atoms with Crippen LogP contribution in [0.2, 0.25) is 0 Å². The Hall–Kier alpha value is -1.77. The van der Waals surface area contributed by atoms with Gasteiger partial charge in [0.15, 0.2) is 6.10 Å². The Morgan fingerprint density at radius 3 is 1.34 bits per heavy atom. The van der Waals surface area contributed by atoms with E-state index in [1.54, 1.807) is 0 Å². The largest absolute Gasteiger partial charge is 0.472 e. The van der Waals surface area contributed by atoms with Crippen molar-refractivity contribution in [2.75, 3.05) is 26.4 Å². The van der Waals surface area contributed by atoms with Gasteiger partial charge in [-0.05, 0) is 70.6 Å². The van der Waals surface area contributed by atoms with Gasteiger partial charge in [-0.15, -0.1) is 0 Å². The van der Waals surface area contributed by atoms with Gasteiger partial charge in [-0.2, -0.15) is 0 Å². The number of carbonyl (C=O) groups is 2. The van der Waals surface area contributed by atoms with Crippen molar-refractivity contribution in [2.24, 2.45) is 5.73 Å².